The second-order valence-electron chi connectivity index (χ2n) is 5.88. The van der Waals surface area contributed by atoms with Crippen LogP contribution in [-0.4, -0.2) is 46.3 Å². The Morgan fingerprint density at radius 1 is 1.24 bits per heavy atom. The number of ether oxygens (including phenoxy) is 2. The van der Waals surface area contributed by atoms with Crippen LogP contribution in [0.5, 0.6) is 0 Å². The van der Waals surface area contributed by atoms with Gasteiger partial charge in [0.15, 0.2) is 0 Å². The first-order valence-corrected chi connectivity index (χ1v) is 9.43. The van der Waals surface area contributed by atoms with Crippen molar-refractivity contribution in [3.8, 4) is 0 Å². The average Bonchev–Trinajstić information content (AvgIpc) is 2.60. The van der Waals surface area contributed by atoms with Crippen molar-refractivity contribution < 1.29 is 22.7 Å². The number of primary amides is 1. The molecule has 1 fully saturated rings. The second-order valence-corrected chi connectivity index (χ2v) is 7.57. The number of carbonyl (C=O) groups is 1. The van der Waals surface area contributed by atoms with Crippen LogP contribution in [0.1, 0.15) is 6.42 Å². The number of hydrogen-bond donors (Lipinski definition) is 2. The minimum atomic E-state index is -3.78. The zero-order chi connectivity index (χ0) is 17.9. The first-order valence-electron chi connectivity index (χ1n) is 7.95. The van der Waals surface area contributed by atoms with Crippen LogP contribution in [0.15, 0.2) is 47.4 Å². The Morgan fingerprint density at radius 2 is 2.00 bits per heavy atom. The SMILES string of the molecule is NC(=O)CO[C@H]1CCOC[C@H]1NS(=O)(=O)c1cccc2ccccc12. The van der Waals surface area contributed by atoms with E-state index in [1.54, 1.807) is 24.3 Å². The fourth-order valence-corrected chi connectivity index (χ4v) is 4.39. The van der Waals surface area contributed by atoms with E-state index in [1.807, 2.05) is 18.2 Å². The van der Waals surface area contributed by atoms with Gasteiger partial charge in [0.1, 0.15) is 6.61 Å². The molecular formula is C17H20N2O5S. The number of sulfonamides is 1. The Bertz CT molecular complexity index is 863. The standard InChI is InChI=1S/C17H20N2O5S/c18-17(20)11-24-15-8-9-23-10-14(15)19-25(21,22)16-7-3-5-12-4-1-2-6-13(12)16/h1-7,14-15,19H,8-11H2,(H2,18,20)/t14-,15+/m1/s1. The Hall–Kier alpha value is -2.00. The third kappa shape index (κ3) is 4.16. The van der Waals surface area contributed by atoms with Crippen LogP contribution in [0, 0.1) is 0 Å². The molecule has 2 atom stereocenters. The van der Waals surface area contributed by atoms with Crippen LogP contribution < -0.4 is 10.5 Å². The summed E-state index contributed by atoms with van der Waals surface area (Å²) in [5.41, 5.74) is 5.10. The molecule has 2 aromatic carbocycles. The van der Waals surface area contributed by atoms with Crippen molar-refractivity contribution in [3.63, 3.8) is 0 Å². The molecule has 1 amide bonds. The van der Waals surface area contributed by atoms with Crippen LogP contribution in [0.2, 0.25) is 0 Å². The molecule has 0 radical (unpaired) electrons. The summed E-state index contributed by atoms with van der Waals surface area (Å²) in [6.45, 7) is 0.362. The van der Waals surface area contributed by atoms with Crippen LogP contribution in [-0.2, 0) is 24.3 Å². The molecule has 1 heterocycles. The van der Waals surface area contributed by atoms with Crippen molar-refractivity contribution in [2.75, 3.05) is 19.8 Å². The van der Waals surface area contributed by atoms with E-state index in [-0.39, 0.29) is 18.1 Å². The number of amides is 1. The predicted molar refractivity (Wildman–Crippen MR) is 92.4 cm³/mol. The summed E-state index contributed by atoms with van der Waals surface area (Å²) in [7, 11) is -3.78. The first-order chi connectivity index (χ1) is 12.0. The molecule has 1 aliphatic rings. The fourth-order valence-electron chi connectivity index (χ4n) is 2.91. The van der Waals surface area contributed by atoms with E-state index in [2.05, 4.69) is 4.72 Å². The van der Waals surface area contributed by atoms with Crippen LogP contribution >= 0.6 is 0 Å². The normalized spacial score (nSPS) is 21.3. The Balaban J connectivity index is 1.85. The van der Waals surface area contributed by atoms with E-state index in [0.29, 0.717) is 18.4 Å². The van der Waals surface area contributed by atoms with Gasteiger partial charge in [-0.2, -0.15) is 0 Å². The van der Waals surface area contributed by atoms with E-state index in [4.69, 9.17) is 15.2 Å². The van der Waals surface area contributed by atoms with E-state index < -0.39 is 28.1 Å². The van der Waals surface area contributed by atoms with Crippen molar-refractivity contribution in [1.29, 1.82) is 0 Å². The van der Waals surface area contributed by atoms with Crippen molar-refractivity contribution in [2.45, 2.75) is 23.5 Å². The van der Waals surface area contributed by atoms with Gasteiger partial charge in [-0.05, 0) is 17.9 Å². The zero-order valence-corrected chi connectivity index (χ0v) is 14.4. The molecule has 0 unspecified atom stereocenters. The van der Waals surface area contributed by atoms with Gasteiger partial charge in [-0.15, -0.1) is 0 Å². The van der Waals surface area contributed by atoms with Gasteiger partial charge in [0, 0.05) is 12.0 Å². The molecule has 134 valence electrons. The number of nitrogens with two attached hydrogens (primary N) is 1. The molecule has 7 nitrogen and oxygen atoms in total. The molecule has 1 aliphatic heterocycles. The van der Waals surface area contributed by atoms with Crippen LogP contribution in [0.3, 0.4) is 0 Å². The zero-order valence-electron chi connectivity index (χ0n) is 13.6. The molecule has 8 heteroatoms. The number of hydrogen-bond acceptors (Lipinski definition) is 5. The van der Waals surface area contributed by atoms with Gasteiger partial charge >= 0.3 is 0 Å². The molecule has 1 saturated heterocycles. The largest absolute Gasteiger partial charge is 0.380 e. The number of nitrogens with one attached hydrogen (secondary N) is 1. The topological polar surface area (TPSA) is 108 Å². The summed E-state index contributed by atoms with van der Waals surface area (Å²) in [6, 6.07) is 11.8. The van der Waals surface area contributed by atoms with Gasteiger partial charge in [0.05, 0.1) is 23.6 Å². The lowest BCUT2D eigenvalue weighted by Crippen LogP contribution is -2.51. The van der Waals surface area contributed by atoms with E-state index in [9.17, 15) is 13.2 Å². The fraction of sp³-hybridized carbons (Fsp3) is 0.353. The molecule has 3 N–H and O–H groups in total. The highest BCUT2D eigenvalue weighted by atomic mass is 32.2. The van der Waals surface area contributed by atoms with Crippen LogP contribution in [0.25, 0.3) is 10.8 Å². The molecule has 25 heavy (non-hydrogen) atoms. The maximum atomic E-state index is 12.9. The third-order valence-corrected chi connectivity index (χ3v) is 5.63. The van der Waals surface area contributed by atoms with E-state index >= 15 is 0 Å². The highest BCUT2D eigenvalue weighted by Crippen LogP contribution is 2.24. The number of benzene rings is 2. The highest BCUT2D eigenvalue weighted by Gasteiger charge is 2.31. The summed E-state index contributed by atoms with van der Waals surface area (Å²) < 4.78 is 39.2. The lowest BCUT2D eigenvalue weighted by molar-refractivity contribution is -0.127. The van der Waals surface area contributed by atoms with E-state index in [0.717, 1.165) is 5.39 Å². The average molecular weight is 364 g/mol. The van der Waals surface area contributed by atoms with Crippen molar-refractivity contribution >= 4 is 26.7 Å². The van der Waals surface area contributed by atoms with Crippen molar-refractivity contribution in [1.82, 2.24) is 4.72 Å². The highest BCUT2D eigenvalue weighted by molar-refractivity contribution is 7.89. The summed E-state index contributed by atoms with van der Waals surface area (Å²) in [5.74, 6) is -0.595. The summed E-state index contributed by atoms with van der Waals surface area (Å²) in [4.78, 5) is 11.1. The van der Waals surface area contributed by atoms with Gasteiger partial charge in [0.25, 0.3) is 0 Å². The molecule has 0 aliphatic carbocycles. The lowest BCUT2D eigenvalue weighted by atomic mass is 10.1. The second kappa shape index (κ2) is 7.49. The Kier molecular flexibility index (Phi) is 5.33. The molecule has 0 aromatic heterocycles. The van der Waals surface area contributed by atoms with E-state index in [1.165, 1.54) is 0 Å². The Morgan fingerprint density at radius 3 is 2.80 bits per heavy atom. The predicted octanol–water partition coefficient (Wildman–Crippen LogP) is 0.778. The first kappa shape index (κ1) is 17.8. The maximum absolute atomic E-state index is 12.9. The van der Waals surface area contributed by atoms with Gasteiger partial charge < -0.3 is 15.2 Å². The smallest absolute Gasteiger partial charge is 0.243 e. The molecular weight excluding hydrogens is 344 g/mol. The number of fused-ring (bicyclic) bond motifs is 1. The molecule has 0 saturated carbocycles. The number of carbonyl (C=O) groups excluding carboxylic acids is 1. The molecule has 3 rings (SSSR count). The van der Waals surface area contributed by atoms with Gasteiger partial charge in [0.2, 0.25) is 15.9 Å². The monoisotopic (exact) mass is 364 g/mol. The van der Waals surface area contributed by atoms with Crippen molar-refractivity contribution in [2.24, 2.45) is 5.73 Å². The van der Waals surface area contributed by atoms with Crippen LogP contribution in [0.4, 0.5) is 0 Å². The van der Waals surface area contributed by atoms with Gasteiger partial charge in [-0.25, -0.2) is 13.1 Å². The Labute approximate surface area is 146 Å². The number of rotatable bonds is 6. The van der Waals surface area contributed by atoms with Gasteiger partial charge in [-0.3, -0.25) is 4.79 Å². The van der Waals surface area contributed by atoms with Gasteiger partial charge in [-0.1, -0.05) is 36.4 Å². The maximum Gasteiger partial charge on any atom is 0.243 e. The minimum Gasteiger partial charge on any atom is -0.380 e. The summed E-state index contributed by atoms with van der Waals surface area (Å²) in [6.07, 6.45) is 0.0155. The lowest BCUT2D eigenvalue weighted by Gasteiger charge is -2.31. The summed E-state index contributed by atoms with van der Waals surface area (Å²) >= 11 is 0. The third-order valence-electron chi connectivity index (χ3n) is 4.08. The quantitative estimate of drug-likeness (QED) is 0.787. The molecule has 0 spiro atoms. The molecule has 2 aromatic rings. The van der Waals surface area contributed by atoms with Crippen molar-refractivity contribution in [3.05, 3.63) is 42.5 Å². The molecule has 0 bridgehead atoms. The summed E-state index contributed by atoms with van der Waals surface area (Å²) in [5, 5.41) is 1.48. The minimum absolute atomic E-state index is 0.174.